The van der Waals surface area contributed by atoms with Crippen LogP contribution in [0.25, 0.3) is 20.2 Å². The number of carbonyl (C=O) groups is 1. The molecule has 0 amide bonds. The average molecular weight is 282 g/mol. The zero-order valence-electron chi connectivity index (χ0n) is 10.5. The molecule has 0 saturated carbocycles. The summed E-state index contributed by atoms with van der Waals surface area (Å²) in [5, 5.41) is 1.24. The van der Waals surface area contributed by atoms with Crippen LogP contribution in [-0.4, -0.2) is 5.97 Å². The van der Waals surface area contributed by atoms with Crippen LogP contribution in [0, 0.1) is 0 Å². The zero-order chi connectivity index (χ0) is 14.1. The van der Waals surface area contributed by atoms with Gasteiger partial charge in [0.1, 0.15) is 5.75 Å². The molecule has 0 radical (unpaired) electrons. The summed E-state index contributed by atoms with van der Waals surface area (Å²) in [6.45, 7) is 3.34. The Kier molecular flexibility index (Phi) is 3.08. The Balaban J connectivity index is 2.25. The molecule has 0 unspecified atom stereocenters. The van der Waals surface area contributed by atoms with E-state index in [1.807, 2.05) is 18.2 Å². The predicted molar refractivity (Wildman–Crippen MR) is 81.4 cm³/mol. The fourth-order valence-electron chi connectivity index (χ4n) is 2.00. The predicted octanol–water partition coefficient (Wildman–Crippen LogP) is 3.51. The maximum atomic E-state index is 12.4. The molecule has 0 N–H and O–H groups in total. The first kappa shape index (κ1) is 12.6. The fraction of sp³-hybridized carbons (Fsp3) is 0. The van der Waals surface area contributed by atoms with Crippen LogP contribution in [-0.2, 0) is 4.79 Å². The van der Waals surface area contributed by atoms with E-state index in [2.05, 4.69) is 6.58 Å². The normalized spacial score (nSPS) is 10.6. The molecule has 4 heteroatoms. The van der Waals surface area contributed by atoms with Crippen LogP contribution in [0.4, 0.5) is 0 Å². The molecule has 3 aromatic rings. The number of rotatable bonds is 2. The first-order valence-corrected chi connectivity index (χ1v) is 6.80. The van der Waals surface area contributed by atoms with Crippen LogP contribution in [0.2, 0.25) is 0 Å². The Morgan fingerprint density at radius 1 is 1.10 bits per heavy atom. The lowest BCUT2D eigenvalue weighted by Gasteiger charge is -2.04. The van der Waals surface area contributed by atoms with Crippen molar-refractivity contribution in [3.63, 3.8) is 0 Å². The van der Waals surface area contributed by atoms with Crippen molar-refractivity contribution >= 4 is 37.5 Å². The molecule has 1 aromatic heterocycles. The molecule has 0 atom stereocenters. The van der Waals surface area contributed by atoms with Gasteiger partial charge in [0.25, 0.3) is 0 Å². The minimum atomic E-state index is -0.540. The van der Waals surface area contributed by atoms with Gasteiger partial charge in [-0.05, 0) is 30.3 Å². The Hall–Kier alpha value is -2.46. The largest absolute Gasteiger partial charge is 0.423 e. The van der Waals surface area contributed by atoms with E-state index in [-0.39, 0.29) is 5.43 Å². The van der Waals surface area contributed by atoms with Gasteiger partial charge in [-0.3, -0.25) is 4.79 Å². The molecule has 20 heavy (non-hydrogen) atoms. The van der Waals surface area contributed by atoms with Crippen LogP contribution < -0.4 is 10.2 Å². The van der Waals surface area contributed by atoms with Crippen molar-refractivity contribution in [2.75, 3.05) is 0 Å². The van der Waals surface area contributed by atoms with Gasteiger partial charge < -0.3 is 4.74 Å². The molecule has 3 rings (SSSR count). The highest BCUT2D eigenvalue weighted by atomic mass is 32.1. The molecule has 0 bridgehead atoms. The van der Waals surface area contributed by atoms with E-state index >= 15 is 0 Å². The lowest BCUT2D eigenvalue weighted by atomic mass is 10.2. The van der Waals surface area contributed by atoms with E-state index in [1.54, 1.807) is 24.3 Å². The summed E-state index contributed by atoms with van der Waals surface area (Å²) in [5.41, 5.74) is -0.0501. The van der Waals surface area contributed by atoms with Gasteiger partial charge in [0, 0.05) is 26.2 Å². The van der Waals surface area contributed by atoms with Gasteiger partial charge in [0.15, 0.2) is 5.43 Å². The van der Waals surface area contributed by atoms with Gasteiger partial charge in [-0.25, -0.2) is 4.79 Å². The average Bonchev–Trinajstić information content (AvgIpc) is 2.48. The topological polar surface area (TPSA) is 43.4 Å². The van der Waals surface area contributed by atoms with Crippen molar-refractivity contribution in [1.82, 2.24) is 0 Å². The maximum absolute atomic E-state index is 12.4. The number of hydrogen-bond donors (Lipinski definition) is 0. The molecule has 3 nitrogen and oxygen atoms in total. The summed E-state index contributed by atoms with van der Waals surface area (Å²) in [4.78, 5) is 23.6. The highest BCUT2D eigenvalue weighted by Gasteiger charge is 2.08. The molecule has 1 heterocycles. The van der Waals surface area contributed by atoms with Crippen molar-refractivity contribution in [2.45, 2.75) is 0 Å². The molecular weight excluding hydrogens is 272 g/mol. The highest BCUT2D eigenvalue weighted by molar-refractivity contribution is 7.24. The third-order valence-corrected chi connectivity index (χ3v) is 4.08. The lowest BCUT2D eigenvalue weighted by molar-refractivity contribution is -0.128. The Morgan fingerprint density at radius 2 is 1.85 bits per heavy atom. The van der Waals surface area contributed by atoms with Gasteiger partial charge in [0.05, 0.1) is 0 Å². The summed E-state index contributed by atoms with van der Waals surface area (Å²) in [7, 11) is 0. The smallest absolute Gasteiger partial charge is 0.335 e. The van der Waals surface area contributed by atoms with Crippen molar-refractivity contribution < 1.29 is 9.53 Å². The van der Waals surface area contributed by atoms with Crippen LogP contribution in [0.3, 0.4) is 0 Å². The van der Waals surface area contributed by atoms with Gasteiger partial charge >= 0.3 is 5.97 Å². The Bertz CT molecular complexity index is 893. The Morgan fingerprint density at radius 3 is 2.65 bits per heavy atom. The second kappa shape index (κ2) is 4.90. The fourth-order valence-corrected chi connectivity index (χ4v) is 3.06. The van der Waals surface area contributed by atoms with Crippen molar-refractivity contribution in [2.24, 2.45) is 0 Å². The van der Waals surface area contributed by atoms with Crippen molar-refractivity contribution in [3.05, 3.63) is 65.3 Å². The second-order valence-corrected chi connectivity index (χ2v) is 5.29. The summed E-state index contributed by atoms with van der Waals surface area (Å²) in [6, 6.07) is 12.5. The van der Waals surface area contributed by atoms with E-state index in [0.717, 1.165) is 15.5 Å². The van der Waals surface area contributed by atoms with Crippen LogP contribution >= 0.6 is 11.3 Å². The Labute approximate surface area is 118 Å². The number of benzene rings is 2. The zero-order valence-corrected chi connectivity index (χ0v) is 11.3. The minimum Gasteiger partial charge on any atom is -0.423 e. The molecule has 0 fully saturated rings. The number of ether oxygens (including phenoxy) is 1. The molecular formula is C16H10O3S. The number of hydrogen-bond acceptors (Lipinski definition) is 4. The van der Waals surface area contributed by atoms with E-state index in [1.165, 1.54) is 11.3 Å². The summed E-state index contributed by atoms with van der Waals surface area (Å²) in [6.07, 6.45) is 1.09. The molecule has 0 spiro atoms. The van der Waals surface area contributed by atoms with E-state index in [4.69, 9.17) is 4.74 Å². The standard InChI is InChI=1S/C16H10O3S/c1-2-15(17)19-10-7-8-14-12(9-10)16(18)11-5-3-4-6-13(11)20-14/h2-9H,1H2. The summed E-state index contributed by atoms with van der Waals surface area (Å²) >= 11 is 1.54. The highest BCUT2D eigenvalue weighted by Crippen LogP contribution is 2.27. The first-order chi connectivity index (χ1) is 9.69. The third-order valence-electron chi connectivity index (χ3n) is 2.93. The third kappa shape index (κ3) is 2.10. The van der Waals surface area contributed by atoms with E-state index in [0.29, 0.717) is 16.5 Å². The molecule has 0 saturated heterocycles. The minimum absolute atomic E-state index is 0.0501. The molecule has 0 aliphatic heterocycles. The van der Waals surface area contributed by atoms with Crippen LogP contribution in [0.5, 0.6) is 5.75 Å². The van der Waals surface area contributed by atoms with E-state index in [9.17, 15) is 9.59 Å². The van der Waals surface area contributed by atoms with Crippen LogP contribution in [0.15, 0.2) is 59.9 Å². The maximum Gasteiger partial charge on any atom is 0.335 e. The molecule has 2 aromatic carbocycles. The summed E-state index contributed by atoms with van der Waals surface area (Å²) < 4.78 is 6.86. The number of carbonyl (C=O) groups excluding carboxylic acids is 1. The second-order valence-electron chi connectivity index (χ2n) is 4.21. The van der Waals surface area contributed by atoms with Crippen molar-refractivity contribution in [1.29, 1.82) is 0 Å². The van der Waals surface area contributed by atoms with Crippen molar-refractivity contribution in [3.8, 4) is 5.75 Å². The molecule has 98 valence electrons. The van der Waals surface area contributed by atoms with E-state index < -0.39 is 5.97 Å². The monoisotopic (exact) mass is 282 g/mol. The van der Waals surface area contributed by atoms with Gasteiger partial charge in [0.2, 0.25) is 0 Å². The van der Waals surface area contributed by atoms with Crippen LogP contribution in [0.1, 0.15) is 0 Å². The molecule has 0 aliphatic carbocycles. The van der Waals surface area contributed by atoms with Gasteiger partial charge in [-0.2, -0.15) is 0 Å². The number of esters is 1. The SMILES string of the molecule is C=CC(=O)Oc1ccc2sc3ccccc3c(=O)c2c1. The molecule has 0 aliphatic rings. The first-order valence-electron chi connectivity index (χ1n) is 5.99. The number of fused-ring (bicyclic) bond motifs is 2. The van der Waals surface area contributed by atoms with Gasteiger partial charge in [-0.15, -0.1) is 11.3 Å². The quantitative estimate of drug-likeness (QED) is 0.313. The van der Waals surface area contributed by atoms with Gasteiger partial charge in [-0.1, -0.05) is 18.7 Å². The summed E-state index contributed by atoms with van der Waals surface area (Å²) in [5.74, 6) is -0.191. The lowest BCUT2D eigenvalue weighted by Crippen LogP contribution is -2.05.